The van der Waals surface area contributed by atoms with Crippen LogP contribution >= 0.6 is 0 Å². The molecule has 0 saturated carbocycles. The largest absolute Gasteiger partial charge is 0.487 e. The van der Waals surface area contributed by atoms with Gasteiger partial charge in [0.25, 0.3) is 5.56 Å². The van der Waals surface area contributed by atoms with Gasteiger partial charge < -0.3 is 19.0 Å². The number of H-pyrrole nitrogens is 1. The molecule has 1 aliphatic heterocycles. The molecule has 7 nitrogen and oxygen atoms in total. The summed E-state index contributed by atoms with van der Waals surface area (Å²) in [6, 6.07) is 6.64. The lowest BCUT2D eigenvalue weighted by atomic mass is 10.0. The quantitative estimate of drug-likeness (QED) is 0.739. The van der Waals surface area contributed by atoms with Crippen LogP contribution in [0.1, 0.15) is 6.42 Å². The second-order valence-corrected chi connectivity index (χ2v) is 8.77. The number of hydrogen-bond acceptors (Lipinski definition) is 5. The van der Waals surface area contributed by atoms with E-state index in [1.54, 1.807) is 31.6 Å². The van der Waals surface area contributed by atoms with Gasteiger partial charge in [0.1, 0.15) is 17.4 Å². The predicted octanol–water partition coefficient (Wildman–Crippen LogP) is 2.10. The number of ether oxygens (including phenoxy) is 2. The molecule has 3 aromatic rings. The molecule has 0 bridgehead atoms. The van der Waals surface area contributed by atoms with Crippen LogP contribution < -0.4 is 10.3 Å². The number of aryl methyl sites for hydroxylation is 1. The van der Waals surface area contributed by atoms with E-state index in [-0.39, 0.29) is 16.6 Å². The Morgan fingerprint density at radius 1 is 1.26 bits per heavy atom. The van der Waals surface area contributed by atoms with Gasteiger partial charge in [0.2, 0.25) is 0 Å². The van der Waals surface area contributed by atoms with Crippen molar-refractivity contribution < 1.29 is 17.9 Å². The van der Waals surface area contributed by atoms with Gasteiger partial charge in [0.15, 0.2) is 9.84 Å². The zero-order valence-corrected chi connectivity index (χ0v) is 15.9. The standard InChI is InChI=1S/C19H20N2O5S/c1-21-7-5-14-16(10-20-18(14)19(21)22)15-9-13(27(2,23)24)3-4-17(15)26-12-6-8-25-11-12/h3-5,7,9-10,12,20H,6,8,11H2,1-2H3. The van der Waals surface area contributed by atoms with Crippen LogP contribution in [0.4, 0.5) is 0 Å². The highest BCUT2D eigenvalue weighted by atomic mass is 32.2. The van der Waals surface area contributed by atoms with Crippen LogP contribution in [0.5, 0.6) is 5.75 Å². The Kier molecular flexibility index (Phi) is 4.32. The smallest absolute Gasteiger partial charge is 0.274 e. The summed E-state index contributed by atoms with van der Waals surface area (Å²) >= 11 is 0. The first-order chi connectivity index (χ1) is 12.8. The van der Waals surface area contributed by atoms with Crippen LogP contribution in [0.3, 0.4) is 0 Å². The number of nitrogens with one attached hydrogen (secondary N) is 1. The molecule has 142 valence electrons. The molecule has 1 N–H and O–H groups in total. The molecule has 1 unspecified atom stereocenters. The SMILES string of the molecule is Cn1ccc2c(-c3cc(S(C)(=O)=O)ccc3OC3CCOC3)c[nH]c2c1=O. The van der Waals surface area contributed by atoms with Crippen LogP contribution in [0.25, 0.3) is 22.0 Å². The lowest BCUT2D eigenvalue weighted by Gasteiger charge is -2.16. The molecule has 2 aromatic heterocycles. The number of benzene rings is 1. The average Bonchev–Trinajstić information content (AvgIpc) is 3.27. The minimum Gasteiger partial charge on any atom is -0.487 e. The van der Waals surface area contributed by atoms with Crippen molar-refractivity contribution in [2.75, 3.05) is 19.5 Å². The number of fused-ring (bicyclic) bond motifs is 1. The summed E-state index contributed by atoms with van der Waals surface area (Å²) in [5.74, 6) is 0.569. The first kappa shape index (κ1) is 17.8. The molecule has 0 aliphatic carbocycles. The molecule has 1 fully saturated rings. The maximum Gasteiger partial charge on any atom is 0.274 e. The molecule has 0 amide bonds. The minimum atomic E-state index is -3.38. The van der Waals surface area contributed by atoms with Crippen molar-refractivity contribution in [3.05, 3.63) is 47.0 Å². The predicted molar refractivity (Wildman–Crippen MR) is 102 cm³/mol. The van der Waals surface area contributed by atoms with Crippen LogP contribution in [0.2, 0.25) is 0 Å². The van der Waals surface area contributed by atoms with E-state index in [2.05, 4.69) is 4.98 Å². The first-order valence-electron chi connectivity index (χ1n) is 8.60. The number of aromatic amines is 1. The number of nitrogens with zero attached hydrogens (tertiary/aromatic N) is 1. The van der Waals surface area contributed by atoms with Crippen molar-refractivity contribution in [3.63, 3.8) is 0 Å². The maximum absolute atomic E-state index is 12.4. The van der Waals surface area contributed by atoms with Gasteiger partial charge in [-0.25, -0.2) is 8.42 Å². The van der Waals surface area contributed by atoms with Gasteiger partial charge in [-0.1, -0.05) is 0 Å². The molecule has 0 spiro atoms. The van der Waals surface area contributed by atoms with Gasteiger partial charge in [-0.3, -0.25) is 4.79 Å². The van der Waals surface area contributed by atoms with E-state index in [4.69, 9.17) is 9.47 Å². The molecule has 27 heavy (non-hydrogen) atoms. The highest BCUT2D eigenvalue weighted by Gasteiger charge is 2.22. The van der Waals surface area contributed by atoms with Crippen LogP contribution in [-0.2, 0) is 21.6 Å². The van der Waals surface area contributed by atoms with E-state index < -0.39 is 9.84 Å². The van der Waals surface area contributed by atoms with Gasteiger partial charge >= 0.3 is 0 Å². The second kappa shape index (κ2) is 6.54. The Morgan fingerprint density at radius 2 is 2.07 bits per heavy atom. The first-order valence-corrected chi connectivity index (χ1v) is 10.5. The average molecular weight is 388 g/mol. The van der Waals surface area contributed by atoms with Crippen LogP contribution in [0, 0.1) is 0 Å². The van der Waals surface area contributed by atoms with E-state index in [0.717, 1.165) is 17.4 Å². The fourth-order valence-electron chi connectivity index (χ4n) is 3.28. The Bertz CT molecular complexity index is 1170. The lowest BCUT2D eigenvalue weighted by Crippen LogP contribution is -2.16. The molecule has 4 rings (SSSR count). The number of aromatic nitrogens is 2. The van der Waals surface area contributed by atoms with Crippen molar-refractivity contribution in [2.45, 2.75) is 17.4 Å². The zero-order chi connectivity index (χ0) is 19.2. The van der Waals surface area contributed by atoms with E-state index in [0.29, 0.717) is 30.0 Å². The summed E-state index contributed by atoms with van der Waals surface area (Å²) in [4.78, 5) is 15.6. The number of rotatable bonds is 4. The van der Waals surface area contributed by atoms with E-state index in [9.17, 15) is 13.2 Å². The number of sulfone groups is 1. The van der Waals surface area contributed by atoms with Crippen molar-refractivity contribution in [1.29, 1.82) is 0 Å². The van der Waals surface area contributed by atoms with Gasteiger partial charge in [-0.2, -0.15) is 0 Å². The third kappa shape index (κ3) is 3.26. The molecule has 1 aromatic carbocycles. The molecule has 3 heterocycles. The van der Waals surface area contributed by atoms with E-state index in [1.165, 1.54) is 16.9 Å². The van der Waals surface area contributed by atoms with Crippen molar-refractivity contribution >= 4 is 20.7 Å². The van der Waals surface area contributed by atoms with Crippen molar-refractivity contribution in [1.82, 2.24) is 9.55 Å². The molecule has 8 heteroatoms. The van der Waals surface area contributed by atoms with Gasteiger partial charge in [-0.05, 0) is 24.3 Å². The van der Waals surface area contributed by atoms with Gasteiger partial charge in [0.05, 0.1) is 18.1 Å². The molecule has 0 radical (unpaired) electrons. The van der Waals surface area contributed by atoms with Crippen LogP contribution in [-0.4, -0.2) is 43.5 Å². The summed E-state index contributed by atoms with van der Waals surface area (Å²) in [5.41, 5.74) is 1.67. The third-order valence-electron chi connectivity index (χ3n) is 4.77. The molecule has 1 saturated heterocycles. The van der Waals surface area contributed by atoms with Gasteiger partial charge in [0, 0.05) is 48.6 Å². The molecule has 1 atom stereocenters. The lowest BCUT2D eigenvalue weighted by molar-refractivity contribution is 0.141. The fourth-order valence-corrected chi connectivity index (χ4v) is 3.92. The summed E-state index contributed by atoms with van der Waals surface area (Å²) in [6.45, 7) is 1.15. The Labute approximate surface area is 156 Å². The zero-order valence-electron chi connectivity index (χ0n) is 15.1. The summed E-state index contributed by atoms with van der Waals surface area (Å²) in [6.07, 6.45) is 5.27. The number of hydrogen-bond donors (Lipinski definition) is 1. The monoisotopic (exact) mass is 388 g/mol. The van der Waals surface area contributed by atoms with E-state index >= 15 is 0 Å². The van der Waals surface area contributed by atoms with Crippen LogP contribution in [0.15, 0.2) is 46.3 Å². The molecular formula is C19H20N2O5S. The van der Waals surface area contributed by atoms with E-state index in [1.807, 2.05) is 6.07 Å². The van der Waals surface area contributed by atoms with Crippen molar-refractivity contribution in [3.8, 4) is 16.9 Å². The molecular weight excluding hydrogens is 368 g/mol. The maximum atomic E-state index is 12.4. The molecule has 1 aliphatic rings. The fraction of sp³-hybridized carbons (Fsp3) is 0.316. The second-order valence-electron chi connectivity index (χ2n) is 6.76. The number of pyridine rings is 1. The normalized spacial score (nSPS) is 17.5. The third-order valence-corrected chi connectivity index (χ3v) is 5.88. The summed E-state index contributed by atoms with van der Waals surface area (Å²) in [7, 11) is -1.70. The Hall–Kier alpha value is -2.58. The highest BCUT2D eigenvalue weighted by Crippen LogP contribution is 2.37. The topological polar surface area (TPSA) is 90.4 Å². The van der Waals surface area contributed by atoms with Crippen molar-refractivity contribution in [2.24, 2.45) is 7.05 Å². The summed E-state index contributed by atoms with van der Waals surface area (Å²) < 4.78 is 37.0. The summed E-state index contributed by atoms with van der Waals surface area (Å²) in [5, 5.41) is 0.719. The Balaban J connectivity index is 1.91. The van der Waals surface area contributed by atoms with Gasteiger partial charge in [-0.15, -0.1) is 0 Å². The highest BCUT2D eigenvalue weighted by molar-refractivity contribution is 7.90. The Morgan fingerprint density at radius 3 is 2.78 bits per heavy atom. The minimum absolute atomic E-state index is 0.0779.